The van der Waals surface area contributed by atoms with Crippen LogP contribution < -0.4 is 21.1 Å². The van der Waals surface area contributed by atoms with Gasteiger partial charge in [-0.1, -0.05) is 24.8 Å². The molecule has 0 aliphatic heterocycles. The van der Waals surface area contributed by atoms with Crippen LogP contribution in [0.15, 0.2) is 61.3 Å². The lowest BCUT2D eigenvalue weighted by Crippen LogP contribution is -2.36. The Morgan fingerprint density at radius 3 is 2.47 bits per heavy atom. The molecule has 2 aromatic carbocycles. The van der Waals surface area contributed by atoms with Gasteiger partial charge in [-0.05, 0) is 41.5 Å². The lowest BCUT2D eigenvalue weighted by Gasteiger charge is -2.15. The lowest BCUT2D eigenvalue weighted by atomic mass is 9.96. The average Bonchev–Trinajstić information content (AvgIpc) is 3.35. The monoisotopic (exact) mass is 592 g/mol. The normalized spacial score (nSPS) is 11.7. The second kappa shape index (κ2) is 13.1. The molecule has 2 amide bonds. The van der Waals surface area contributed by atoms with Crippen molar-refractivity contribution in [3.63, 3.8) is 0 Å². The van der Waals surface area contributed by atoms with Gasteiger partial charge in [0, 0.05) is 31.1 Å². The molecular formula is C30H27F3N6O4. The Hall–Kier alpha value is -5.35. The SMILES string of the molecule is C=CC(=O)Nc1ccc(-c2c(-c3ccc(C(=O)NC(F)C(F)F)c(OC)c3)c3c(N)ncc(C#N)c3n2CCOC)cc1. The van der Waals surface area contributed by atoms with Gasteiger partial charge in [0.25, 0.3) is 12.3 Å². The molecule has 0 saturated heterocycles. The van der Waals surface area contributed by atoms with E-state index in [1.54, 1.807) is 29.6 Å². The molecule has 0 fully saturated rings. The number of rotatable bonds is 11. The van der Waals surface area contributed by atoms with E-state index in [2.05, 4.69) is 22.9 Å². The average molecular weight is 593 g/mol. The molecule has 0 aliphatic rings. The highest BCUT2D eigenvalue weighted by Gasteiger charge is 2.27. The summed E-state index contributed by atoms with van der Waals surface area (Å²) in [7, 11) is 2.81. The molecule has 0 bridgehead atoms. The van der Waals surface area contributed by atoms with Gasteiger partial charge >= 0.3 is 0 Å². The Morgan fingerprint density at radius 2 is 1.86 bits per heavy atom. The summed E-state index contributed by atoms with van der Waals surface area (Å²) in [5, 5.41) is 14.7. The number of methoxy groups -OCH3 is 2. The molecule has 4 rings (SSSR count). The van der Waals surface area contributed by atoms with Crippen molar-refractivity contribution in [3.05, 3.63) is 72.4 Å². The van der Waals surface area contributed by atoms with Gasteiger partial charge in [-0.15, -0.1) is 0 Å². The maximum absolute atomic E-state index is 13.6. The van der Waals surface area contributed by atoms with Crippen molar-refractivity contribution in [1.29, 1.82) is 5.26 Å². The third-order valence-corrected chi connectivity index (χ3v) is 6.58. The second-order valence-corrected chi connectivity index (χ2v) is 9.16. The fraction of sp³-hybridized carbons (Fsp3) is 0.200. The molecule has 0 saturated carbocycles. The Kier molecular flexibility index (Phi) is 9.32. The van der Waals surface area contributed by atoms with Crippen molar-refractivity contribution in [2.75, 3.05) is 31.9 Å². The van der Waals surface area contributed by atoms with Crippen molar-refractivity contribution >= 4 is 34.2 Å². The molecule has 0 aliphatic carbocycles. The summed E-state index contributed by atoms with van der Waals surface area (Å²) < 4.78 is 51.6. The number of halogens is 3. The third kappa shape index (κ3) is 6.14. The van der Waals surface area contributed by atoms with E-state index in [-0.39, 0.29) is 35.2 Å². The first-order valence-electron chi connectivity index (χ1n) is 12.8. The smallest absolute Gasteiger partial charge is 0.287 e. The lowest BCUT2D eigenvalue weighted by molar-refractivity contribution is -0.111. The molecule has 0 radical (unpaired) electrons. The number of nitrogens with one attached hydrogen (secondary N) is 2. The Labute approximate surface area is 244 Å². The molecule has 4 N–H and O–H groups in total. The van der Waals surface area contributed by atoms with E-state index < -0.39 is 18.6 Å². The maximum Gasteiger partial charge on any atom is 0.287 e. The number of hydrogen-bond donors (Lipinski definition) is 3. The molecule has 1 atom stereocenters. The van der Waals surface area contributed by atoms with Crippen molar-refractivity contribution < 1.29 is 32.2 Å². The fourth-order valence-electron chi connectivity index (χ4n) is 4.68. The molecular weight excluding hydrogens is 565 g/mol. The number of carbonyl (C=O) groups excluding carboxylic acids is 2. The third-order valence-electron chi connectivity index (χ3n) is 6.58. The molecule has 1 unspecified atom stereocenters. The Morgan fingerprint density at radius 1 is 1.16 bits per heavy atom. The highest BCUT2D eigenvalue weighted by molar-refractivity contribution is 6.11. The maximum atomic E-state index is 13.6. The second-order valence-electron chi connectivity index (χ2n) is 9.16. The van der Waals surface area contributed by atoms with Crippen molar-refractivity contribution in [1.82, 2.24) is 14.9 Å². The van der Waals surface area contributed by atoms with Crippen molar-refractivity contribution in [2.24, 2.45) is 0 Å². The number of nitrogens with zero attached hydrogens (tertiary/aromatic N) is 3. The van der Waals surface area contributed by atoms with Gasteiger partial charge in [-0.2, -0.15) is 5.26 Å². The summed E-state index contributed by atoms with van der Waals surface area (Å²) in [6.07, 6.45) is -3.76. The number of benzene rings is 2. The summed E-state index contributed by atoms with van der Waals surface area (Å²) in [6.45, 7) is 4.03. The zero-order valence-electron chi connectivity index (χ0n) is 23.2. The summed E-state index contributed by atoms with van der Waals surface area (Å²) in [5.74, 6) is -1.38. The number of alkyl halides is 3. The van der Waals surface area contributed by atoms with Crippen LogP contribution >= 0.6 is 0 Å². The molecule has 4 aromatic rings. The number of anilines is 2. The number of nitrogens with two attached hydrogens (primary N) is 1. The van der Waals surface area contributed by atoms with E-state index in [4.69, 9.17) is 15.2 Å². The number of pyridine rings is 1. The van der Waals surface area contributed by atoms with Gasteiger partial charge in [0.05, 0.1) is 41.4 Å². The van der Waals surface area contributed by atoms with E-state index in [1.807, 2.05) is 4.57 Å². The van der Waals surface area contributed by atoms with Crippen LogP contribution in [0.25, 0.3) is 33.3 Å². The van der Waals surface area contributed by atoms with Crippen molar-refractivity contribution in [2.45, 2.75) is 19.3 Å². The van der Waals surface area contributed by atoms with Gasteiger partial charge in [-0.25, -0.2) is 18.2 Å². The van der Waals surface area contributed by atoms with E-state index in [0.29, 0.717) is 45.5 Å². The number of nitrogen functional groups attached to an aromatic ring is 1. The van der Waals surface area contributed by atoms with Gasteiger partial charge < -0.3 is 30.4 Å². The molecule has 222 valence electrons. The van der Waals surface area contributed by atoms with Gasteiger partial charge in [-0.3, -0.25) is 9.59 Å². The number of hydrogen-bond acceptors (Lipinski definition) is 7. The van der Waals surface area contributed by atoms with E-state index in [9.17, 15) is 28.0 Å². The molecule has 0 spiro atoms. The Balaban J connectivity index is 2.01. The van der Waals surface area contributed by atoms with E-state index in [0.717, 1.165) is 6.08 Å². The van der Waals surface area contributed by atoms with Crippen LogP contribution in [0.1, 0.15) is 15.9 Å². The number of fused-ring (bicyclic) bond motifs is 1. The number of amides is 2. The topological polar surface area (TPSA) is 144 Å². The largest absolute Gasteiger partial charge is 0.496 e. The zero-order chi connectivity index (χ0) is 31.3. The summed E-state index contributed by atoms with van der Waals surface area (Å²) in [4.78, 5) is 28.6. The van der Waals surface area contributed by atoms with Gasteiger partial charge in [0.15, 0.2) is 0 Å². The van der Waals surface area contributed by atoms with Gasteiger partial charge in [0.2, 0.25) is 12.2 Å². The van der Waals surface area contributed by atoms with Gasteiger partial charge in [0.1, 0.15) is 17.6 Å². The molecule has 2 heterocycles. The quantitative estimate of drug-likeness (QED) is 0.166. The van der Waals surface area contributed by atoms with Crippen LogP contribution in [0.4, 0.5) is 24.7 Å². The van der Waals surface area contributed by atoms with E-state index in [1.165, 1.54) is 38.6 Å². The minimum atomic E-state index is -3.41. The van der Waals surface area contributed by atoms with Crippen LogP contribution in [0, 0.1) is 11.3 Å². The van der Waals surface area contributed by atoms with Crippen molar-refractivity contribution in [3.8, 4) is 34.2 Å². The molecule has 43 heavy (non-hydrogen) atoms. The fourth-order valence-corrected chi connectivity index (χ4v) is 4.68. The highest BCUT2D eigenvalue weighted by atomic mass is 19.3. The first-order valence-corrected chi connectivity index (χ1v) is 12.8. The first kappa shape index (κ1) is 30.6. The van der Waals surface area contributed by atoms with Crippen LogP contribution in [0.2, 0.25) is 0 Å². The van der Waals surface area contributed by atoms with Crippen LogP contribution in [0.3, 0.4) is 0 Å². The first-order chi connectivity index (χ1) is 20.6. The minimum absolute atomic E-state index is 0.0225. The van der Waals surface area contributed by atoms with E-state index >= 15 is 0 Å². The zero-order valence-corrected chi connectivity index (χ0v) is 23.2. The summed E-state index contributed by atoms with van der Waals surface area (Å²) in [6, 6.07) is 13.4. The number of aromatic nitrogens is 2. The molecule has 2 aromatic heterocycles. The highest BCUT2D eigenvalue weighted by Crippen LogP contribution is 2.45. The number of ether oxygens (including phenoxy) is 2. The predicted molar refractivity (Wildman–Crippen MR) is 155 cm³/mol. The molecule has 10 nitrogen and oxygen atoms in total. The summed E-state index contributed by atoms with van der Waals surface area (Å²) >= 11 is 0. The predicted octanol–water partition coefficient (Wildman–Crippen LogP) is 4.89. The molecule has 13 heteroatoms. The Bertz CT molecular complexity index is 1730. The van der Waals surface area contributed by atoms with Crippen LogP contribution in [-0.2, 0) is 16.1 Å². The number of carbonyl (C=O) groups is 2. The standard InChI is InChI=1S/C30H27F3N6O4/c1-4-22(40)37-19-8-5-16(6-9-19)25-23(24-26(39(25)11-12-42-2)18(14-34)15-36-29(24)35)17-7-10-20(21(13-17)43-3)30(41)38-28(33)27(31)32/h4-10,13,15,27-28H,1,11-12H2,2-3H3,(H2,35,36)(H,37,40)(H,38,41). The summed E-state index contributed by atoms with van der Waals surface area (Å²) in [5.41, 5.74) is 9.74. The van der Waals surface area contributed by atoms with Crippen LogP contribution in [-0.4, -0.2) is 54.9 Å². The minimum Gasteiger partial charge on any atom is -0.496 e. The van der Waals surface area contributed by atoms with Crippen LogP contribution in [0.5, 0.6) is 5.75 Å². The number of nitriles is 1.